The van der Waals surface area contributed by atoms with Crippen LogP contribution in [0.4, 0.5) is 5.69 Å². The number of unbranched alkanes of at least 4 members (excludes halogenated alkanes) is 1. The van der Waals surface area contributed by atoms with Crippen LogP contribution in [0.25, 0.3) is 11.4 Å². The Kier molecular flexibility index (Phi) is 37.0. The van der Waals surface area contributed by atoms with Gasteiger partial charge < -0.3 is 107 Å². The third kappa shape index (κ3) is 24.8. The molecule has 1 saturated heterocycles. The summed E-state index contributed by atoms with van der Waals surface area (Å²) in [5, 5.41) is 85.0. The number of amides is 8. The molecular formula is C100H143N13O22. The lowest BCUT2D eigenvalue weighted by atomic mass is 9.49. The summed E-state index contributed by atoms with van der Waals surface area (Å²) in [6.45, 7) is 13.8. The van der Waals surface area contributed by atoms with E-state index in [0.717, 1.165) is 103 Å². The second kappa shape index (κ2) is 47.9. The number of phenols is 1. The summed E-state index contributed by atoms with van der Waals surface area (Å²) < 4.78 is 34.8. The molecular weight excluding hydrogens is 1740 g/mol. The number of hydrazine groups is 3. The Morgan fingerprint density at radius 1 is 0.593 bits per heavy atom. The van der Waals surface area contributed by atoms with Crippen LogP contribution in [-0.4, -0.2) is 242 Å². The Labute approximate surface area is 790 Å². The molecule has 0 spiro atoms. The van der Waals surface area contributed by atoms with Gasteiger partial charge in [-0.15, -0.1) is 5.53 Å². The van der Waals surface area contributed by atoms with Crippen molar-refractivity contribution in [3.05, 3.63) is 141 Å². The summed E-state index contributed by atoms with van der Waals surface area (Å²) in [4.78, 5) is 143. The molecule has 4 aromatic rings. The Morgan fingerprint density at radius 3 is 1.87 bits per heavy atom. The summed E-state index contributed by atoms with van der Waals surface area (Å²) in [7, 11) is 1.82. The summed E-state index contributed by atoms with van der Waals surface area (Å²) in [6, 6.07) is 23.1. The molecule has 16 atom stereocenters. The number of nitrogens with two attached hydrogens (primary N) is 1. The second-order valence-corrected chi connectivity index (χ2v) is 38.8. The number of para-hydroxylation sites is 1. The van der Waals surface area contributed by atoms with Crippen molar-refractivity contribution in [3.63, 3.8) is 0 Å². The molecule has 3 fully saturated rings. The Morgan fingerprint density at radius 2 is 1.22 bits per heavy atom. The number of carbonyl (C=O) groups excluding carboxylic acids is 10. The van der Waals surface area contributed by atoms with Gasteiger partial charge in [0.15, 0.2) is 17.8 Å². The average Bonchev–Trinajstić information content (AvgIpc) is 1.41. The molecule has 740 valence electrons. The number of aromatic hydroxyl groups is 1. The number of ketones is 2. The fraction of sp³-hybridized carbons (Fsp3) is 0.620. The maximum absolute atomic E-state index is 15.0. The van der Waals surface area contributed by atoms with Gasteiger partial charge in [0.1, 0.15) is 55.0 Å². The highest BCUT2D eigenvalue weighted by Gasteiger charge is 2.59. The summed E-state index contributed by atoms with van der Waals surface area (Å²) in [5.41, 5.74) is 17.3. The number of anilines is 1. The summed E-state index contributed by atoms with van der Waals surface area (Å²) >= 11 is 0. The number of fused-ring (bicyclic) bond motifs is 8. The maximum Gasteiger partial charge on any atom is 0.246 e. The quantitative estimate of drug-likeness (QED) is 0.0120. The number of carbonyl (C=O) groups is 10. The van der Waals surface area contributed by atoms with Gasteiger partial charge >= 0.3 is 0 Å². The van der Waals surface area contributed by atoms with Crippen molar-refractivity contribution in [2.24, 2.45) is 40.3 Å². The molecule has 0 aromatic heterocycles. The van der Waals surface area contributed by atoms with Crippen LogP contribution in [0.3, 0.4) is 0 Å². The van der Waals surface area contributed by atoms with Crippen LogP contribution >= 0.6 is 0 Å². The molecule has 3 aliphatic heterocycles. The second-order valence-electron chi connectivity index (χ2n) is 38.8. The smallest absolute Gasteiger partial charge is 0.246 e. The highest BCUT2D eigenvalue weighted by molar-refractivity contribution is 6.03. The van der Waals surface area contributed by atoms with E-state index in [1.807, 2.05) is 99.8 Å². The lowest BCUT2D eigenvalue weighted by Crippen LogP contribution is -2.64. The third-order valence-electron chi connectivity index (χ3n) is 29.4. The minimum absolute atomic E-state index is 0.0274. The summed E-state index contributed by atoms with van der Waals surface area (Å²) in [6.07, 6.45) is 3.22. The minimum Gasteiger partial charge on any atom is -0.508 e. The Hall–Kier alpha value is -9.86. The van der Waals surface area contributed by atoms with E-state index in [1.165, 1.54) is 17.5 Å². The van der Waals surface area contributed by atoms with E-state index in [4.69, 9.17) is 34.3 Å². The minimum atomic E-state index is -1.61. The number of rotatable bonds is 45. The molecule has 3 heterocycles. The molecule has 135 heavy (non-hydrogen) atoms. The number of hydrogen-bond donors (Lipinski definition) is 17. The number of phenolic OH excluding ortho intramolecular Hbond substituents is 1. The number of aliphatic hydroxyl groups is 5. The molecule has 8 amide bonds. The van der Waals surface area contributed by atoms with Gasteiger partial charge in [-0.05, 0) is 170 Å². The molecule has 2 saturated carbocycles. The van der Waals surface area contributed by atoms with Gasteiger partial charge in [0.2, 0.25) is 47.3 Å². The zero-order valence-electron chi connectivity index (χ0n) is 79.4. The van der Waals surface area contributed by atoms with Crippen molar-refractivity contribution in [1.82, 2.24) is 58.6 Å². The van der Waals surface area contributed by atoms with Crippen LogP contribution in [-0.2, 0) is 113 Å². The van der Waals surface area contributed by atoms with E-state index in [0.29, 0.717) is 73.3 Å². The van der Waals surface area contributed by atoms with Crippen molar-refractivity contribution in [2.75, 3.05) is 97.7 Å². The molecule has 0 radical (unpaired) electrons. The van der Waals surface area contributed by atoms with Crippen molar-refractivity contribution in [3.8, 4) is 5.75 Å². The standard InChI is InChI=1S/C100H143N13O22/c1-60(2)85(76(118)52-61(3)92(126)106-72(57-114)75(117)54-62-27-28-63-30-33-79-97(4,69(63)53-62)38-18-40-99(79,6)95(128)108-96(129)100(7)41-19-39-98(5)70-55-66(116)32-29-64(70)31-34-80(98)100)107-93(127)71(23-16-17-42-103-83(121)59-134-77-26-11-9-10-25-74-88(77)110-111-113(74)94-91(125)90(124)89(123)78(58-115)135-94)105-82(120)37-44-130-46-48-132-50-51-133-49-47-131-45-43-104-81(119)35-36-84(122)112-56-65-20-12-13-21-67(65)86(102-8)87(109-101)68-22-14-15-24-73(68)112/h12-15,20-22,24,27-29,32,53,55,60-61,71-72,77-80,85,89-91,94,102,109-111,114-116,123-125H,9-11,16-19,23,25-26,30-31,33-52,54,56-59,101H2,1-8H3,(H,103,121)(H,104,119)(H,105,120)(H,106,126)(H,107,127)(H,108,128,129)/b87-86-/t61-,71-,72+,77?,78-,79-,80-,85+,89+,90+,91-,94-,97-,98-,99+,100+/m1/s1. The van der Waals surface area contributed by atoms with E-state index in [-0.39, 0.29) is 164 Å². The number of hydrogen-bond acceptors (Lipinski definition) is 28. The zero-order chi connectivity index (χ0) is 96.9. The summed E-state index contributed by atoms with van der Waals surface area (Å²) in [5.74, 6) is 0.236. The lowest BCUT2D eigenvalue weighted by Gasteiger charge is -2.56. The number of nitrogens with zero attached hydrogens (tertiary/aromatic N) is 2. The van der Waals surface area contributed by atoms with Gasteiger partial charge in [0.05, 0.1) is 118 Å². The van der Waals surface area contributed by atoms with E-state index >= 15 is 0 Å². The van der Waals surface area contributed by atoms with Crippen molar-refractivity contribution in [1.29, 1.82) is 0 Å². The van der Waals surface area contributed by atoms with Gasteiger partial charge in [-0.1, -0.05) is 141 Å². The van der Waals surface area contributed by atoms with Crippen LogP contribution in [0.15, 0.2) is 96.3 Å². The molecule has 35 nitrogen and oxygen atoms in total. The highest BCUT2D eigenvalue weighted by Crippen LogP contribution is 2.60. The molecule has 12 rings (SSSR count). The van der Waals surface area contributed by atoms with Crippen LogP contribution < -0.4 is 64.3 Å². The third-order valence-corrected chi connectivity index (χ3v) is 29.4. The molecule has 8 aliphatic rings. The number of aryl methyl sites for hydroxylation is 2. The first kappa shape index (κ1) is 104. The van der Waals surface area contributed by atoms with E-state index < -0.39 is 131 Å². The van der Waals surface area contributed by atoms with Gasteiger partial charge in [-0.25, -0.2) is 0 Å². The SMILES string of the molecule is CN/C1=C(\NN)c2ccccc2N(C(=O)CCC(=O)NCCOCCOCCOCCOCCC(=O)N[C@H](CCCCNC(=O)COC2CCCCCC3=C2NNN3[C@@H]2O[C@H](CO)[C@H](O)[C@H](O)[C@H]2O)C(=O)N[C@H](C(=O)C[C@@H](C)C(=O)N[C@@H](CO)C(=O)Cc2ccc3c(c2)[C@@]2(C)CCC[C@](C)(C(=O)NC(=O)[C@@]4(C)CCC[C@]5(C)c6cc(O)ccc6CC[C@@H]45)[C@@H]2CC3)C(C)C)Cc2ccccc21. The number of Topliss-reactive ketones (excluding diaryl/α,β-unsaturated/α-hetero) is 2. The van der Waals surface area contributed by atoms with Crippen molar-refractivity contribution >= 4 is 75.9 Å². The van der Waals surface area contributed by atoms with Crippen LogP contribution in [0.1, 0.15) is 221 Å². The normalized spacial score (nSPS) is 26.1. The lowest BCUT2D eigenvalue weighted by molar-refractivity contribution is -0.266. The topological polar surface area (TPSA) is 500 Å². The van der Waals surface area contributed by atoms with Crippen molar-refractivity contribution in [2.45, 2.75) is 268 Å². The average molecular weight is 1880 g/mol. The molecule has 1 unspecified atom stereocenters. The molecule has 5 aliphatic carbocycles. The van der Waals surface area contributed by atoms with Gasteiger partial charge in [0.25, 0.3) is 0 Å². The number of aliphatic hydroxyl groups excluding tert-OH is 5. The number of ether oxygens (including phenoxy) is 6. The maximum atomic E-state index is 15.0. The number of benzene rings is 4. The van der Waals surface area contributed by atoms with Gasteiger partial charge in [0, 0.05) is 69.3 Å². The van der Waals surface area contributed by atoms with Gasteiger partial charge in [-0.2, -0.15) is 0 Å². The van der Waals surface area contributed by atoms with E-state index in [9.17, 15) is 78.6 Å². The predicted octanol–water partition coefficient (Wildman–Crippen LogP) is 4.95. The largest absolute Gasteiger partial charge is 0.508 e. The first-order valence-electron chi connectivity index (χ1n) is 48.3. The molecule has 18 N–H and O–H groups in total. The Balaban J connectivity index is 0.588. The van der Waals surface area contributed by atoms with Crippen LogP contribution in [0.5, 0.6) is 5.75 Å². The van der Waals surface area contributed by atoms with Crippen LogP contribution in [0, 0.1) is 34.5 Å². The first-order chi connectivity index (χ1) is 64.8. The molecule has 0 bridgehead atoms. The fourth-order valence-electron chi connectivity index (χ4n) is 21.9. The van der Waals surface area contributed by atoms with Crippen molar-refractivity contribution < 1.29 is 107 Å². The fourth-order valence-corrected chi connectivity index (χ4v) is 21.9. The zero-order valence-corrected chi connectivity index (χ0v) is 79.4. The Bertz CT molecular complexity index is 4900. The monoisotopic (exact) mass is 1880 g/mol. The number of allylic oxidation sites excluding steroid dienone is 1. The number of imide groups is 1. The van der Waals surface area contributed by atoms with E-state index in [1.54, 1.807) is 24.8 Å². The number of nitrogens with one attached hydrogen (secondary N) is 10. The predicted molar refractivity (Wildman–Crippen MR) is 501 cm³/mol. The highest BCUT2D eigenvalue weighted by atomic mass is 16.6. The van der Waals surface area contributed by atoms with Gasteiger partial charge in [-0.3, -0.25) is 64.1 Å². The van der Waals surface area contributed by atoms with E-state index in [2.05, 4.69) is 67.5 Å². The first-order valence-corrected chi connectivity index (χ1v) is 48.3. The molecule has 35 heteroatoms. The molecule has 4 aromatic carbocycles. The van der Waals surface area contributed by atoms with Crippen LogP contribution in [0.2, 0.25) is 0 Å².